The van der Waals surface area contributed by atoms with Crippen LogP contribution >= 0.6 is 0 Å². The monoisotopic (exact) mass is 300 g/mol. The Labute approximate surface area is 120 Å². The molecule has 7 heteroatoms. The molecule has 6 nitrogen and oxygen atoms in total. The summed E-state index contributed by atoms with van der Waals surface area (Å²) < 4.78 is 27.7. The van der Waals surface area contributed by atoms with E-state index in [1.807, 2.05) is 6.92 Å². The van der Waals surface area contributed by atoms with Crippen LogP contribution in [0.5, 0.6) is 0 Å². The zero-order valence-corrected chi connectivity index (χ0v) is 12.8. The summed E-state index contributed by atoms with van der Waals surface area (Å²) in [6, 6.07) is 0.0535. The van der Waals surface area contributed by atoms with Crippen LogP contribution in [0.1, 0.15) is 51.0 Å². The molecule has 1 aliphatic carbocycles. The van der Waals surface area contributed by atoms with Crippen molar-refractivity contribution >= 4 is 10.0 Å². The fourth-order valence-corrected chi connectivity index (χ4v) is 4.03. The molecule has 0 radical (unpaired) electrons. The second kappa shape index (κ2) is 7.19. The Bertz CT molecular complexity index is 504. The zero-order valence-electron chi connectivity index (χ0n) is 12.0. The number of aromatic amines is 1. The van der Waals surface area contributed by atoms with E-state index in [0.717, 1.165) is 32.2 Å². The molecule has 0 amide bonds. The van der Waals surface area contributed by atoms with Crippen molar-refractivity contribution in [1.29, 1.82) is 0 Å². The van der Waals surface area contributed by atoms with Crippen molar-refractivity contribution in [3.8, 4) is 0 Å². The molecule has 0 atom stereocenters. The third-order valence-corrected chi connectivity index (χ3v) is 5.22. The van der Waals surface area contributed by atoms with Gasteiger partial charge in [0.05, 0.1) is 6.20 Å². The summed E-state index contributed by atoms with van der Waals surface area (Å²) in [7, 11) is -3.50. The molecule has 3 N–H and O–H groups in total. The predicted molar refractivity (Wildman–Crippen MR) is 77.8 cm³/mol. The van der Waals surface area contributed by atoms with Gasteiger partial charge in [-0.3, -0.25) is 5.10 Å². The van der Waals surface area contributed by atoms with Crippen LogP contribution in [0.15, 0.2) is 11.2 Å². The summed E-state index contributed by atoms with van der Waals surface area (Å²) in [5.74, 6) is 0. The molecule has 1 fully saturated rings. The van der Waals surface area contributed by atoms with Gasteiger partial charge in [-0.1, -0.05) is 32.6 Å². The Hall–Kier alpha value is -0.920. The molecule has 1 aliphatic rings. The SMILES string of the molecule is CCNCc1cn[nH]c1S(=O)(=O)NC1CCCCCC1. The molecule has 0 bridgehead atoms. The van der Waals surface area contributed by atoms with Gasteiger partial charge in [0.15, 0.2) is 5.03 Å². The average Bonchev–Trinajstić information content (AvgIpc) is 2.76. The summed E-state index contributed by atoms with van der Waals surface area (Å²) in [4.78, 5) is 0. The van der Waals surface area contributed by atoms with Gasteiger partial charge in [0.1, 0.15) is 0 Å². The highest BCUT2D eigenvalue weighted by Gasteiger charge is 2.24. The second-order valence-corrected chi connectivity index (χ2v) is 6.97. The lowest BCUT2D eigenvalue weighted by molar-refractivity contribution is 0.507. The first kappa shape index (κ1) is 15.5. The molecule has 1 aromatic rings. The third-order valence-electron chi connectivity index (χ3n) is 3.69. The third kappa shape index (κ3) is 4.04. The van der Waals surface area contributed by atoms with E-state index >= 15 is 0 Å². The van der Waals surface area contributed by atoms with Gasteiger partial charge in [-0.25, -0.2) is 13.1 Å². The Morgan fingerprint density at radius 3 is 2.65 bits per heavy atom. The molecule has 0 unspecified atom stereocenters. The van der Waals surface area contributed by atoms with Gasteiger partial charge < -0.3 is 5.32 Å². The molecule has 2 rings (SSSR count). The van der Waals surface area contributed by atoms with E-state index in [1.165, 1.54) is 12.8 Å². The molecule has 0 spiro atoms. The van der Waals surface area contributed by atoms with Crippen LogP contribution in [0.3, 0.4) is 0 Å². The van der Waals surface area contributed by atoms with E-state index in [-0.39, 0.29) is 11.1 Å². The van der Waals surface area contributed by atoms with E-state index < -0.39 is 10.0 Å². The molecule has 114 valence electrons. The van der Waals surface area contributed by atoms with Crippen molar-refractivity contribution < 1.29 is 8.42 Å². The van der Waals surface area contributed by atoms with Crippen molar-refractivity contribution in [3.63, 3.8) is 0 Å². The minimum Gasteiger partial charge on any atom is -0.313 e. The van der Waals surface area contributed by atoms with E-state index in [0.29, 0.717) is 12.1 Å². The van der Waals surface area contributed by atoms with Crippen molar-refractivity contribution in [3.05, 3.63) is 11.8 Å². The van der Waals surface area contributed by atoms with E-state index in [2.05, 4.69) is 20.2 Å². The number of hydrogen-bond donors (Lipinski definition) is 3. The number of nitrogens with one attached hydrogen (secondary N) is 3. The topological polar surface area (TPSA) is 86.9 Å². The maximum Gasteiger partial charge on any atom is 0.258 e. The lowest BCUT2D eigenvalue weighted by atomic mass is 10.1. The van der Waals surface area contributed by atoms with E-state index in [4.69, 9.17) is 0 Å². The van der Waals surface area contributed by atoms with Crippen LogP contribution in [-0.2, 0) is 16.6 Å². The van der Waals surface area contributed by atoms with Gasteiger partial charge in [-0.2, -0.15) is 5.10 Å². The summed E-state index contributed by atoms with van der Waals surface area (Å²) in [5.41, 5.74) is 0.688. The Kier molecular flexibility index (Phi) is 5.56. The summed E-state index contributed by atoms with van der Waals surface area (Å²) in [6.07, 6.45) is 8.03. The molecular weight excluding hydrogens is 276 g/mol. The van der Waals surface area contributed by atoms with Gasteiger partial charge in [-0.15, -0.1) is 0 Å². The van der Waals surface area contributed by atoms with Crippen molar-refractivity contribution in [2.24, 2.45) is 0 Å². The first-order valence-corrected chi connectivity index (χ1v) is 8.87. The molecule has 20 heavy (non-hydrogen) atoms. The standard InChI is InChI=1S/C13H24N4O2S/c1-2-14-9-11-10-15-16-13(11)20(18,19)17-12-7-5-3-4-6-8-12/h10,12,14,17H,2-9H2,1H3,(H,15,16). The first-order chi connectivity index (χ1) is 9.63. The number of nitrogens with zero attached hydrogens (tertiary/aromatic N) is 1. The molecule has 1 aromatic heterocycles. The highest BCUT2D eigenvalue weighted by atomic mass is 32.2. The van der Waals surface area contributed by atoms with Crippen LogP contribution in [0.4, 0.5) is 0 Å². The molecular formula is C13H24N4O2S. The van der Waals surface area contributed by atoms with E-state index in [1.54, 1.807) is 6.20 Å². The average molecular weight is 300 g/mol. The highest BCUT2D eigenvalue weighted by molar-refractivity contribution is 7.89. The molecule has 1 heterocycles. The smallest absolute Gasteiger partial charge is 0.258 e. The van der Waals surface area contributed by atoms with Crippen LogP contribution in [0.2, 0.25) is 0 Å². The van der Waals surface area contributed by atoms with Gasteiger partial charge >= 0.3 is 0 Å². The quantitative estimate of drug-likeness (QED) is 0.695. The summed E-state index contributed by atoms with van der Waals surface area (Å²) in [6.45, 7) is 3.28. The minimum absolute atomic E-state index is 0.0535. The molecule has 0 aliphatic heterocycles. The summed E-state index contributed by atoms with van der Waals surface area (Å²) >= 11 is 0. The second-order valence-electron chi connectivity index (χ2n) is 5.31. The van der Waals surface area contributed by atoms with Crippen molar-refractivity contribution in [2.75, 3.05) is 6.54 Å². The Morgan fingerprint density at radius 1 is 1.30 bits per heavy atom. The number of H-pyrrole nitrogens is 1. The molecule has 0 saturated heterocycles. The van der Waals surface area contributed by atoms with Gasteiger partial charge in [0, 0.05) is 18.2 Å². The zero-order chi connectivity index (χ0) is 14.4. The van der Waals surface area contributed by atoms with Crippen LogP contribution in [-0.4, -0.2) is 31.2 Å². The number of sulfonamides is 1. The lowest BCUT2D eigenvalue weighted by Crippen LogP contribution is -2.35. The fraction of sp³-hybridized carbons (Fsp3) is 0.769. The number of hydrogen-bond acceptors (Lipinski definition) is 4. The normalized spacial score (nSPS) is 18.1. The maximum absolute atomic E-state index is 12.4. The molecule has 1 saturated carbocycles. The van der Waals surface area contributed by atoms with Gasteiger partial charge in [0.25, 0.3) is 10.0 Å². The van der Waals surface area contributed by atoms with E-state index in [9.17, 15) is 8.42 Å². The van der Waals surface area contributed by atoms with Crippen molar-refractivity contribution in [1.82, 2.24) is 20.2 Å². The summed E-state index contributed by atoms with van der Waals surface area (Å²) in [5, 5.41) is 9.81. The Balaban J connectivity index is 2.07. The van der Waals surface area contributed by atoms with Crippen molar-refractivity contribution in [2.45, 2.75) is 63.1 Å². The maximum atomic E-state index is 12.4. The fourth-order valence-electron chi connectivity index (χ4n) is 2.59. The van der Waals surface area contributed by atoms with Gasteiger partial charge in [0.2, 0.25) is 0 Å². The lowest BCUT2D eigenvalue weighted by Gasteiger charge is -2.16. The Morgan fingerprint density at radius 2 is 2.00 bits per heavy atom. The van der Waals surface area contributed by atoms with Gasteiger partial charge in [-0.05, 0) is 19.4 Å². The van der Waals surface area contributed by atoms with Crippen LogP contribution < -0.4 is 10.0 Å². The van der Waals surface area contributed by atoms with Crippen LogP contribution in [0, 0.1) is 0 Å². The highest BCUT2D eigenvalue weighted by Crippen LogP contribution is 2.20. The van der Waals surface area contributed by atoms with Crippen LogP contribution in [0.25, 0.3) is 0 Å². The predicted octanol–water partition coefficient (Wildman–Crippen LogP) is 1.52. The molecule has 0 aromatic carbocycles. The minimum atomic E-state index is -3.50. The number of rotatable bonds is 6. The number of aromatic nitrogens is 2. The largest absolute Gasteiger partial charge is 0.313 e. The first-order valence-electron chi connectivity index (χ1n) is 7.39.